The molecule has 3 N–H and O–H groups in total. The Balaban J connectivity index is 0.00000242. The number of hydrogen-bond acceptors (Lipinski definition) is 6. The fourth-order valence-corrected chi connectivity index (χ4v) is 1.68. The number of benzene rings is 1. The maximum absolute atomic E-state index is 11.9. The van der Waals surface area contributed by atoms with Gasteiger partial charge in [0.2, 0.25) is 5.91 Å². The smallest absolute Gasteiger partial charge is 0.243 e. The summed E-state index contributed by atoms with van der Waals surface area (Å²) < 4.78 is 6.83. The summed E-state index contributed by atoms with van der Waals surface area (Å²) in [4.78, 5) is 11.9. The lowest BCUT2D eigenvalue weighted by Crippen LogP contribution is -2.45. The predicted molar refractivity (Wildman–Crippen MR) is 84.6 cm³/mol. The molecule has 8 nitrogen and oxygen atoms in total. The van der Waals surface area contributed by atoms with Gasteiger partial charge in [0, 0.05) is 5.69 Å². The van der Waals surface area contributed by atoms with Crippen LogP contribution in [0.1, 0.15) is 19.7 Å². The van der Waals surface area contributed by atoms with E-state index in [9.17, 15) is 4.79 Å². The topological polar surface area (TPSA) is 108 Å². The first-order chi connectivity index (χ1) is 9.82. The van der Waals surface area contributed by atoms with Gasteiger partial charge < -0.3 is 15.8 Å². The highest BCUT2D eigenvalue weighted by atomic mass is 35.5. The van der Waals surface area contributed by atoms with E-state index in [0.29, 0.717) is 22.9 Å². The van der Waals surface area contributed by atoms with Crippen LogP contribution in [0.25, 0.3) is 5.69 Å². The first-order valence-corrected chi connectivity index (χ1v) is 6.36. The van der Waals surface area contributed by atoms with Crippen molar-refractivity contribution in [3.63, 3.8) is 0 Å². The van der Waals surface area contributed by atoms with Gasteiger partial charge in [0.25, 0.3) is 0 Å². The number of halogens is 1. The number of methoxy groups -OCH3 is 1. The van der Waals surface area contributed by atoms with Crippen LogP contribution in [0.4, 0.5) is 5.69 Å². The molecule has 0 saturated carbocycles. The molecule has 2 aromatic rings. The van der Waals surface area contributed by atoms with E-state index in [0.717, 1.165) is 0 Å². The van der Waals surface area contributed by atoms with Crippen molar-refractivity contribution in [3.05, 3.63) is 24.0 Å². The zero-order valence-corrected chi connectivity index (χ0v) is 13.6. The molecule has 0 aliphatic rings. The van der Waals surface area contributed by atoms with Crippen LogP contribution in [0.2, 0.25) is 0 Å². The number of aromatic nitrogens is 4. The van der Waals surface area contributed by atoms with Crippen molar-refractivity contribution in [2.75, 3.05) is 12.4 Å². The highest BCUT2D eigenvalue weighted by molar-refractivity contribution is 5.97. The van der Waals surface area contributed by atoms with E-state index in [-0.39, 0.29) is 18.3 Å². The fourth-order valence-electron chi connectivity index (χ4n) is 1.68. The second-order valence-electron chi connectivity index (χ2n) is 5.20. The van der Waals surface area contributed by atoms with E-state index < -0.39 is 5.54 Å². The van der Waals surface area contributed by atoms with Gasteiger partial charge in [0.15, 0.2) is 5.82 Å². The normalized spacial score (nSPS) is 10.8. The monoisotopic (exact) mass is 326 g/mol. The van der Waals surface area contributed by atoms with Crippen molar-refractivity contribution in [1.29, 1.82) is 0 Å². The van der Waals surface area contributed by atoms with E-state index >= 15 is 0 Å². The summed E-state index contributed by atoms with van der Waals surface area (Å²) in [6, 6.07) is 5.19. The third-order valence-corrected chi connectivity index (χ3v) is 2.88. The van der Waals surface area contributed by atoms with Crippen LogP contribution in [0, 0.1) is 6.92 Å². The molecule has 0 spiro atoms. The first-order valence-electron chi connectivity index (χ1n) is 6.36. The molecule has 0 aliphatic carbocycles. The quantitative estimate of drug-likeness (QED) is 0.870. The number of rotatable bonds is 4. The number of nitrogens with one attached hydrogen (secondary N) is 1. The molecule has 1 amide bonds. The van der Waals surface area contributed by atoms with Crippen LogP contribution in [-0.2, 0) is 4.79 Å². The molecule has 0 saturated heterocycles. The number of ether oxygens (including phenoxy) is 1. The summed E-state index contributed by atoms with van der Waals surface area (Å²) >= 11 is 0. The average Bonchev–Trinajstić information content (AvgIpc) is 2.83. The lowest BCUT2D eigenvalue weighted by molar-refractivity contribution is -0.120. The minimum absolute atomic E-state index is 0. The summed E-state index contributed by atoms with van der Waals surface area (Å²) in [6.45, 7) is 5.05. The van der Waals surface area contributed by atoms with Crippen molar-refractivity contribution in [2.45, 2.75) is 26.3 Å². The number of nitrogens with zero attached hydrogens (tertiary/aromatic N) is 4. The molecule has 0 fully saturated rings. The largest absolute Gasteiger partial charge is 0.494 e. The third kappa shape index (κ3) is 3.71. The molecule has 22 heavy (non-hydrogen) atoms. The van der Waals surface area contributed by atoms with Crippen molar-refractivity contribution < 1.29 is 9.53 Å². The molecular formula is C13H19ClN6O2. The Labute approximate surface area is 134 Å². The van der Waals surface area contributed by atoms with E-state index in [2.05, 4.69) is 20.8 Å². The zero-order chi connectivity index (χ0) is 15.6. The maximum Gasteiger partial charge on any atom is 0.243 e. The number of carbonyl (C=O) groups is 1. The van der Waals surface area contributed by atoms with Crippen LogP contribution in [0.5, 0.6) is 5.75 Å². The van der Waals surface area contributed by atoms with E-state index in [1.54, 1.807) is 46.1 Å². The SMILES string of the molecule is COc1ccc(NC(=O)C(C)(C)N)cc1-n1nnnc1C.Cl. The van der Waals surface area contributed by atoms with Crippen LogP contribution >= 0.6 is 12.4 Å². The zero-order valence-electron chi connectivity index (χ0n) is 12.8. The molecule has 2 rings (SSSR count). The van der Waals surface area contributed by atoms with Gasteiger partial charge in [-0.15, -0.1) is 17.5 Å². The van der Waals surface area contributed by atoms with Gasteiger partial charge in [0.1, 0.15) is 11.4 Å². The van der Waals surface area contributed by atoms with Gasteiger partial charge in [-0.1, -0.05) is 0 Å². The van der Waals surface area contributed by atoms with Gasteiger partial charge in [-0.2, -0.15) is 4.68 Å². The summed E-state index contributed by atoms with van der Waals surface area (Å²) in [6.07, 6.45) is 0. The number of amides is 1. The van der Waals surface area contributed by atoms with Crippen molar-refractivity contribution >= 4 is 24.0 Å². The minimum atomic E-state index is -0.967. The molecule has 1 aromatic heterocycles. The van der Waals surface area contributed by atoms with Gasteiger partial charge in [-0.25, -0.2) is 0 Å². The molecule has 0 aliphatic heterocycles. The standard InChI is InChI=1S/C13H18N6O2.ClH/c1-8-16-17-18-19(8)10-7-9(5-6-11(10)21-4)15-12(20)13(2,3)14;/h5-7H,14H2,1-4H3,(H,15,20);1H. The Hall–Kier alpha value is -2.19. The molecule has 1 aromatic carbocycles. The molecular weight excluding hydrogens is 308 g/mol. The average molecular weight is 327 g/mol. The van der Waals surface area contributed by atoms with Gasteiger partial charge in [-0.3, -0.25) is 4.79 Å². The molecule has 1 heterocycles. The Morgan fingerprint density at radius 3 is 2.59 bits per heavy atom. The molecule has 0 atom stereocenters. The van der Waals surface area contributed by atoms with E-state index in [1.807, 2.05) is 0 Å². The second kappa shape index (κ2) is 6.71. The Morgan fingerprint density at radius 2 is 2.09 bits per heavy atom. The number of tetrazole rings is 1. The lowest BCUT2D eigenvalue weighted by atomic mass is 10.1. The third-order valence-electron chi connectivity index (χ3n) is 2.88. The minimum Gasteiger partial charge on any atom is -0.494 e. The van der Waals surface area contributed by atoms with Gasteiger partial charge in [0.05, 0.1) is 12.6 Å². The van der Waals surface area contributed by atoms with Gasteiger partial charge >= 0.3 is 0 Å². The Kier molecular flexibility index (Phi) is 5.45. The number of hydrogen-bond donors (Lipinski definition) is 2. The number of anilines is 1. The van der Waals surface area contributed by atoms with Crippen molar-refractivity contribution in [2.24, 2.45) is 5.73 Å². The molecule has 9 heteroatoms. The summed E-state index contributed by atoms with van der Waals surface area (Å²) in [5.74, 6) is 0.915. The van der Waals surface area contributed by atoms with Crippen LogP contribution < -0.4 is 15.8 Å². The lowest BCUT2D eigenvalue weighted by Gasteiger charge is -2.18. The molecule has 0 bridgehead atoms. The Morgan fingerprint density at radius 1 is 1.41 bits per heavy atom. The van der Waals surface area contributed by atoms with Crippen molar-refractivity contribution in [1.82, 2.24) is 20.2 Å². The molecule has 0 unspecified atom stereocenters. The summed E-state index contributed by atoms with van der Waals surface area (Å²) in [7, 11) is 1.56. The summed E-state index contributed by atoms with van der Waals surface area (Å²) in [5, 5.41) is 14.1. The fraction of sp³-hybridized carbons (Fsp3) is 0.385. The number of aryl methyl sites for hydroxylation is 1. The second-order valence-corrected chi connectivity index (χ2v) is 5.20. The van der Waals surface area contributed by atoms with Crippen LogP contribution in [0.15, 0.2) is 18.2 Å². The predicted octanol–water partition coefficient (Wildman–Crippen LogP) is 1.08. The van der Waals surface area contributed by atoms with Crippen molar-refractivity contribution in [3.8, 4) is 11.4 Å². The Bertz CT molecular complexity index is 665. The van der Waals surface area contributed by atoms with Crippen LogP contribution in [0.3, 0.4) is 0 Å². The van der Waals surface area contributed by atoms with E-state index in [1.165, 1.54) is 4.68 Å². The van der Waals surface area contributed by atoms with Gasteiger partial charge in [-0.05, 0) is 49.4 Å². The van der Waals surface area contributed by atoms with E-state index in [4.69, 9.17) is 10.5 Å². The highest BCUT2D eigenvalue weighted by Crippen LogP contribution is 2.26. The summed E-state index contributed by atoms with van der Waals surface area (Å²) in [5.41, 5.74) is 6.02. The number of nitrogens with two attached hydrogens (primary N) is 1. The molecule has 120 valence electrons. The molecule has 0 radical (unpaired) electrons. The van der Waals surface area contributed by atoms with Crippen LogP contribution in [-0.4, -0.2) is 38.8 Å². The maximum atomic E-state index is 11.9. The highest BCUT2D eigenvalue weighted by Gasteiger charge is 2.22. The first kappa shape index (κ1) is 17.9. The number of carbonyl (C=O) groups excluding carboxylic acids is 1.